The summed E-state index contributed by atoms with van der Waals surface area (Å²) in [6, 6.07) is 15.4. The largest absolute Gasteiger partial charge is 0.497 e. The van der Waals surface area contributed by atoms with E-state index in [0.717, 1.165) is 65.6 Å². The topological polar surface area (TPSA) is 63.7 Å². The van der Waals surface area contributed by atoms with Crippen LogP contribution in [0.4, 0.5) is 11.5 Å². The molecule has 0 aliphatic carbocycles. The number of ether oxygens (including phenoxy) is 2. The van der Waals surface area contributed by atoms with Crippen molar-refractivity contribution in [2.75, 3.05) is 43.6 Å². The van der Waals surface area contributed by atoms with Crippen LogP contribution < -0.4 is 15.0 Å². The molecule has 0 saturated carbocycles. The normalized spacial score (nSPS) is 14.3. The van der Waals surface area contributed by atoms with E-state index >= 15 is 0 Å². The van der Waals surface area contributed by atoms with E-state index in [9.17, 15) is 4.79 Å². The first-order valence-corrected chi connectivity index (χ1v) is 9.99. The molecule has 6 nitrogen and oxygen atoms in total. The first kappa shape index (κ1) is 19.9. The van der Waals surface area contributed by atoms with Crippen molar-refractivity contribution < 1.29 is 14.3 Å². The molecule has 30 heavy (non-hydrogen) atoms. The van der Waals surface area contributed by atoms with Crippen molar-refractivity contribution >= 4 is 34.4 Å². The molecule has 3 aromatic rings. The zero-order valence-corrected chi connectivity index (χ0v) is 17.2. The number of pyridine rings is 1. The Morgan fingerprint density at radius 1 is 1.13 bits per heavy atom. The van der Waals surface area contributed by atoms with E-state index in [2.05, 4.69) is 23.2 Å². The van der Waals surface area contributed by atoms with Gasteiger partial charge in [-0.15, -0.1) is 0 Å². The highest BCUT2D eigenvalue weighted by molar-refractivity contribution is 6.03. The Kier molecular flexibility index (Phi) is 5.95. The van der Waals surface area contributed by atoms with Gasteiger partial charge in [-0.05, 0) is 60.5 Å². The number of nitrogens with one attached hydrogen (secondary N) is 1. The number of morpholine rings is 1. The molecule has 0 bridgehead atoms. The molecule has 1 aliphatic heterocycles. The van der Waals surface area contributed by atoms with Crippen LogP contribution in [-0.4, -0.2) is 44.3 Å². The van der Waals surface area contributed by atoms with E-state index in [0.29, 0.717) is 0 Å². The SMILES string of the molecule is COc1ccc(/C=C/C(=O)Nc2ccc3nc(N4CCOCC4)cc(C)c3c2)cc1. The third-order valence-corrected chi connectivity index (χ3v) is 5.15. The Morgan fingerprint density at radius 2 is 1.90 bits per heavy atom. The van der Waals surface area contributed by atoms with Crippen molar-refractivity contribution in [3.8, 4) is 5.75 Å². The maximum absolute atomic E-state index is 12.3. The summed E-state index contributed by atoms with van der Waals surface area (Å²) in [5.41, 5.74) is 3.73. The number of nitrogens with zero attached hydrogens (tertiary/aromatic N) is 2. The molecule has 2 aromatic carbocycles. The van der Waals surface area contributed by atoms with Gasteiger partial charge in [-0.3, -0.25) is 4.79 Å². The number of anilines is 2. The highest BCUT2D eigenvalue weighted by Crippen LogP contribution is 2.26. The van der Waals surface area contributed by atoms with Crippen LogP contribution in [0.2, 0.25) is 0 Å². The van der Waals surface area contributed by atoms with E-state index in [1.807, 2.05) is 42.5 Å². The van der Waals surface area contributed by atoms with Gasteiger partial charge in [-0.2, -0.15) is 0 Å². The Hall–Kier alpha value is -3.38. The Labute approximate surface area is 176 Å². The number of amides is 1. The van der Waals surface area contributed by atoms with Crippen LogP contribution in [-0.2, 0) is 9.53 Å². The van der Waals surface area contributed by atoms with E-state index in [-0.39, 0.29) is 5.91 Å². The van der Waals surface area contributed by atoms with Crippen molar-refractivity contribution in [3.63, 3.8) is 0 Å². The second kappa shape index (κ2) is 8.97. The molecule has 1 saturated heterocycles. The van der Waals surface area contributed by atoms with Gasteiger partial charge in [0, 0.05) is 30.2 Å². The average Bonchev–Trinajstić information content (AvgIpc) is 2.79. The lowest BCUT2D eigenvalue weighted by atomic mass is 10.1. The molecule has 1 amide bonds. The summed E-state index contributed by atoms with van der Waals surface area (Å²) in [4.78, 5) is 19.4. The fourth-order valence-electron chi connectivity index (χ4n) is 3.48. The quantitative estimate of drug-likeness (QED) is 0.652. The van der Waals surface area contributed by atoms with E-state index in [1.165, 1.54) is 6.08 Å². The number of aromatic nitrogens is 1. The fraction of sp³-hybridized carbons (Fsp3) is 0.250. The van der Waals surface area contributed by atoms with Crippen LogP contribution in [0.25, 0.3) is 17.0 Å². The van der Waals surface area contributed by atoms with Crippen molar-refractivity contribution in [2.24, 2.45) is 0 Å². The van der Waals surface area contributed by atoms with Gasteiger partial charge in [0.1, 0.15) is 11.6 Å². The van der Waals surface area contributed by atoms with Crippen LogP contribution in [0.15, 0.2) is 54.6 Å². The molecule has 0 unspecified atom stereocenters. The van der Waals surface area contributed by atoms with Crippen molar-refractivity contribution in [1.82, 2.24) is 4.98 Å². The number of fused-ring (bicyclic) bond motifs is 1. The molecule has 0 spiro atoms. The van der Waals surface area contributed by atoms with Gasteiger partial charge in [-0.25, -0.2) is 4.98 Å². The second-order valence-electron chi connectivity index (χ2n) is 7.22. The first-order valence-electron chi connectivity index (χ1n) is 9.99. The van der Waals surface area contributed by atoms with Crippen molar-refractivity contribution in [3.05, 3.63) is 65.7 Å². The lowest BCUT2D eigenvalue weighted by molar-refractivity contribution is -0.111. The maximum atomic E-state index is 12.3. The zero-order chi connectivity index (χ0) is 20.9. The lowest BCUT2D eigenvalue weighted by Gasteiger charge is -2.28. The van der Waals surface area contributed by atoms with E-state index in [4.69, 9.17) is 14.5 Å². The molecule has 1 fully saturated rings. The third-order valence-electron chi connectivity index (χ3n) is 5.15. The van der Waals surface area contributed by atoms with Gasteiger partial charge in [0.25, 0.3) is 0 Å². The number of carbonyl (C=O) groups is 1. The van der Waals surface area contributed by atoms with Crippen molar-refractivity contribution in [2.45, 2.75) is 6.92 Å². The summed E-state index contributed by atoms with van der Waals surface area (Å²) >= 11 is 0. The molecule has 2 heterocycles. The molecular weight excluding hydrogens is 378 g/mol. The predicted octanol–water partition coefficient (Wildman–Crippen LogP) is 4.04. The molecule has 1 aliphatic rings. The highest BCUT2D eigenvalue weighted by Gasteiger charge is 2.14. The number of methoxy groups -OCH3 is 1. The molecule has 4 rings (SSSR count). The molecular formula is C24H25N3O3. The molecule has 1 N–H and O–H groups in total. The van der Waals surface area contributed by atoms with Crippen LogP contribution >= 0.6 is 0 Å². The highest BCUT2D eigenvalue weighted by atomic mass is 16.5. The summed E-state index contributed by atoms with van der Waals surface area (Å²) < 4.78 is 10.6. The van der Waals surface area contributed by atoms with E-state index in [1.54, 1.807) is 13.2 Å². The monoisotopic (exact) mass is 403 g/mol. The molecule has 1 aromatic heterocycles. The number of benzene rings is 2. The molecule has 0 atom stereocenters. The predicted molar refractivity (Wildman–Crippen MR) is 120 cm³/mol. The molecule has 0 radical (unpaired) electrons. The summed E-state index contributed by atoms with van der Waals surface area (Å²) in [5, 5.41) is 3.96. The van der Waals surface area contributed by atoms with Crippen molar-refractivity contribution in [1.29, 1.82) is 0 Å². The van der Waals surface area contributed by atoms with Gasteiger partial charge in [0.2, 0.25) is 5.91 Å². The van der Waals surface area contributed by atoms with Gasteiger partial charge in [-0.1, -0.05) is 12.1 Å². The minimum atomic E-state index is -0.180. The molecule has 6 heteroatoms. The van der Waals surface area contributed by atoms with E-state index < -0.39 is 0 Å². The number of aryl methyl sites for hydroxylation is 1. The number of carbonyl (C=O) groups excluding carboxylic acids is 1. The standard InChI is InChI=1S/C24H25N3O3/c1-17-15-23(27-11-13-30-14-12-27)26-22-9-6-19(16-21(17)22)25-24(28)10-5-18-3-7-20(29-2)8-4-18/h3-10,15-16H,11-14H2,1-2H3,(H,25,28)/b10-5+. The van der Waals surface area contributed by atoms with Crippen LogP contribution in [0.5, 0.6) is 5.75 Å². The third kappa shape index (κ3) is 4.60. The van der Waals surface area contributed by atoms with Gasteiger partial charge in [0.05, 0.1) is 25.8 Å². The Balaban J connectivity index is 1.48. The number of hydrogen-bond donors (Lipinski definition) is 1. The van der Waals surface area contributed by atoms with Crippen LogP contribution in [0.1, 0.15) is 11.1 Å². The fourth-order valence-corrected chi connectivity index (χ4v) is 3.48. The van der Waals surface area contributed by atoms with Crippen LogP contribution in [0, 0.1) is 6.92 Å². The molecule has 154 valence electrons. The Morgan fingerprint density at radius 3 is 2.63 bits per heavy atom. The summed E-state index contributed by atoms with van der Waals surface area (Å²) in [6.07, 6.45) is 3.30. The number of hydrogen-bond acceptors (Lipinski definition) is 5. The second-order valence-corrected chi connectivity index (χ2v) is 7.22. The van der Waals surface area contributed by atoms with Gasteiger partial charge >= 0.3 is 0 Å². The Bertz CT molecular complexity index is 1070. The smallest absolute Gasteiger partial charge is 0.248 e. The van der Waals surface area contributed by atoms with Crippen LogP contribution in [0.3, 0.4) is 0 Å². The summed E-state index contributed by atoms with van der Waals surface area (Å²) in [5.74, 6) is 1.58. The summed E-state index contributed by atoms with van der Waals surface area (Å²) in [6.45, 7) is 5.24. The zero-order valence-electron chi connectivity index (χ0n) is 17.2. The average molecular weight is 403 g/mol. The first-order chi connectivity index (χ1) is 14.6. The lowest BCUT2D eigenvalue weighted by Crippen LogP contribution is -2.36. The van der Waals surface area contributed by atoms with Gasteiger partial charge < -0.3 is 19.7 Å². The van der Waals surface area contributed by atoms with Gasteiger partial charge in [0.15, 0.2) is 0 Å². The minimum absolute atomic E-state index is 0.180. The maximum Gasteiger partial charge on any atom is 0.248 e. The summed E-state index contributed by atoms with van der Waals surface area (Å²) in [7, 11) is 1.63. The minimum Gasteiger partial charge on any atom is -0.497 e. The number of rotatable bonds is 5.